The van der Waals surface area contributed by atoms with Gasteiger partial charge in [-0.25, -0.2) is 0 Å². The van der Waals surface area contributed by atoms with Crippen molar-refractivity contribution in [2.24, 2.45) is 0 Å². The van der Waals surface area contributed by atoms with Crippen molar-refractivity contribution in [1.29, 1.82) is 0 Å². The minimum atomic E-state index is -0.525. The Hall–Kier alpha value is -2.33. The zero-order valence-electron chi connectivity index (χ0n) is 15.8. The molecule has 3 nitrogen and oxygen atoms in total. The fourth-order valence-corrected chi connectivity index (χ4v) is 4.77. The maximum atomic E-state index is 6.66. The normalized spacial score (nSPS) is 22.8. The van der Waals surface area contributed by atoms with Crippen molar-refractivity contribution in [1.82, 2.24) is 9.88 Å². The molecule has 0 fully saturated rings. The summed E-state index contributed by atoms with van der Waals surface area (Å²) in [5.41, 5.74) is 3.78. The van der Waals surface area contributed by atoms with Crippen molar-refractivity contribution in [3.05, 3.63) is 112 Å². The number of hydrogen-bond acceptors (Lipinski definition) is 3. The molecule has 2 aliphatic heterocycles. The van der Waals surface area contributed by atoms with Crippen molar-refractivity contribution in [3.8, 4) is 0 Å². The number of fused-ring (bicyclic) bond motifs is 2. The first kappa shape index (κ1) is 18.7. The maximum absolute atomic E-state index is 6.66. The lowest BCUT2D eigenvalue weighted by Gasteiger charge is -2.35. The van der Waals surface area contributed by atoms with E-state index in [2.05, 4.69) is 47.5 Å². The van der Waals surface area contributed by atoms with Gasteiger partial charge in [0, 0.05) is 41.3 Å². The number of rotatable bonds is 3. The average Bonchev–Trinajstić information content (AvgIpc) is 3.05. The highest BCUT2D eigenvalue weighted by Crippen LogP contribution is 2.49. The lowest BCUT2D eigenvalue weighted by molar-refractivity contribution is -0.0432. The van der Waals surface area contributed by atoms with Crippen LogP contribution in [-0.2, 0) is 16.9 Å². The Morgan fingerprint density at radius 3 is 2.55 bits per heavy atom. The van der Waals surface area contributed by atoms with Crippen LogP contribution in [0.5, 0.6) is 0 Å². The van der Waals surface area contributed by atoms with Crippen LogP contribution < -0.4 is 0 Å². The maximum Gasteiger partial charge on any atom is 0.133 e. The zero-order valence-corrected chi connectivity index (χ0v) is 17.3. The van der Waals surface area contributed by atoms with Crippen LogP contribution in [0.2, 0.25) is 10.0 Å². The molecular weight excluding hydrogens is 403 g/mol. The molecule has 5 heteroatoms. The predicted octanol–water partition coefficient (Wildman–Crippen LogP) is 6.12. The van der Waals surface area contributed by atoms with Gasteiger partial charge in [0.2, 0.25) is 0 Å². The Morgan fingerprint density at radius 2 is 1.83 bits per heavy atom. The van der Waals surface area contributed by atoms with Gasteiger partial charge in [-0.15, -0.1) is 0 Å². The molecule has 3 aromatic rings. The molecule has 2 unspecified atom stereocenters. The van der Waals surface area contributed by atoms with Crippen LogP contribution in [0.4, 0.5) is 0 Å². The second-order valence-electron chi connectivity index (χ2n) is 7.55. The summed E-state index contributed by atoms with van der Waals surface area (Å²) in [4.78, 5) is 7.02. The van der Waals surface area contributed by atoms with E-state index in [-0.39, 0.29) is 6.10 Å². The summed E-state index contributed by atoms with van der Waals surface area (Å²) in [6.45, 7) is 1.78. The van der Waals surface area contributed by atoms with Gasteiger partial charge in [0.1, 0.15) is 11.7 Å². The van der Waals surface area contributed by atoms with Gasteiger partial charge in [-0.3, -0.25) is 4.98 Å². The third-order valence-corrected chi connectivity index (χ3v) is 6.03. The van der Waals surface area contributed by atoms with Gasteiger partial charge in [-0.1, -0.05) is 59.6 Å². The summed E-state index contributed by atoms with van der Waals surface area (Å²) in [6, 6.07) is 20.1. The molecule has 0 bridgehead atoms. The second-order valence-corrected chi connectivity index (χ2v) is 8.43. The van der Waals surface area contributed by atoms with E-state index in [4.69, 9.17) is 32.9 Å². The monoisotopic (exact) mass is 422 g/mol. The van der Waals surface area contributed by atoms with Crippen LogP contribution in [0.25, 0.3) is 0 Å². The number of benzene rings is 2. The van der Waals surface area contributed by atoms with Crippen LogP contribution in [0, 0.1) is 0 Å². The SMILES string of the molecule is Clc1cc(Cl)cc(C2OC3(C=CN(Cc4ccccc4)CC3)c3ncccc32)c1. The fraction of sp³-hybridized carbons (Fsp3) is 0.208. The Balaban J connectivity index is 1.46. The van der Waals surface area contributed by atoms with E-state index < -0.39 is 5.60 Å². The summed E-state index contributed by atoms with van der Waals surface area (Å²) < 4.78 is 6.66. The van der Waals surface area contributed by atoms with Gasteiger partial charge in [0.25, 0.3) is 0 Å². The number of pyridine rings is 1. The lowest BCUT2D eigenvalue weighted by Crippen LogP contribution is -2.35. The summed E-state index contributed by atoms with van der Waals surface area (Å²) in [6.07, 6.45) is 6.73. The summed E-state index contributed by atoms with van der Waals surface area (Å²) in [7, 11) is 0. The van der Waals surface area contributed by atoms with Crippen molar-refractivity contribution in [3.63, 3.8) is 0 Å². The molecule has 1 spiro atoms. The molecular formula is C24H20Cl2N2O. The molecule has 0 saturated heterocycles. The molecule has 0 saturated carbocycles. The number of halogens is 2. The largest absolute Gasteiger partial charge is 0.373 e. The Morgan fingerprint density at radius 1 is 1.03 bits per heavy atom. The van der Waals surface area contributed by atoms with Crippen molar-refractivity contribution in [2.45, 2.75) is 24.7 Å². The van der Waals surface area contributed by atoms with E-state index in [0.29, 0.717) is 10.0 Å². The number of nitrogens with zero attached hydrogens (tertiary/aromatic N) is 2. The molecule has 5 rings (SSSR count). The van der Waals surface area contributed by atoms with E-state index in [0.717, 1.165) is 36.3 Å². The first-order chi connectivity index (χ1) is 14.1. The summed E-state index contributed by atoms with van der Waals surface area (Å²) in [5.74, 6) is 0. The van der Waals surface area contributed by atoms with Crippen molar-refractivity contribution < 1.29 is 4.74 Å². The van der Waals surface area contributed by atoms with Gasteiger partial charge in [-0.05, 0) is 47.7 Å². The first-order valence-electron chi connectivity index (χ1n) is 9.69. The first-order valence-corrected chi connectivity index (χ1v) is 10.5. The van der Waals surface area contributed by atoms with Gasteiger partial charge in [0.05, 0.1) is 5.69 Å². The van der Waals surface area contributed by atoms with Gasteiger partial charge < -0.3 is 9.64 Å². The molecule has 0 amide bonds. The topological polar surface area (TPSA) is 25.4 Å². The number of hydrogen-bond donors (Lipinski definition) is 0. The van der Waals surface area contributed by atoms with Crippen LogP contribution in [0.3, 0.4) is 0 Å². The van der Waals surface area contributed by atoms with Gasteiger partial charge >= 0.3 is 0 Å². The van der Waals surface area contributed by atoms with Gasteiger partial charge in [-0.2, -0.15) is 0 Å². The molecule has 2 aliphatic rings. The molecule has 2 aromatic carbocycles. The molecule has 146 valence electrons. The highest BCUT2D eigenvalue weighted by molar-refractivity contribution is 6.34. The minimum absolute atomic E-state index is 0.236. The van der Waals surface area contributed by atoms with E-state index in [9.17, 15) is 0 Å². The molecule has 29 heavy (non-hydrogen) atoms. The highest BCUT2D eigenvalue weighted by atomic mass is 35.5. The molecule has 2 atom stereocenters. The van der Waals surface area contributed by atoms with Crippen LogP contribution >= 0.6 is 23.2 Å². The molecule has 3 heterocycles. The highest BCUT2D eigenvalue weighted by Gasteiger charge is 2.46. The third-order valence-electron chi connectivity index (χ3n) is 5.59. The van der Waals surface area contributed by atoms with Crippen molar-refractivity contribution in [2.75, 3.05) is 6.54 Å². The Bertz CT molecular complexity index is 1050. The van der Waals surface area contributed by atoms with Crippen molar-refractivity contribution >= 4 is 23.2 Å². The predicted molar refractivity (Wildman–Crippen MR) is 116 cm³/mol. The van der Waals surface area contributed by atoms with E-state index >= 15 is 0 Å². The van der Waals surface area contributed by atoms with E-state index in [1.807, 2.05) is 30.5 Å². The average molecular weight is 423 g/mol. The summed E-state index contributed by atoms with van der Waals surface area (Å²) >= 11 is 12.5. The smallest absolute Gasteiger partial charge is 0.133 e. The van der Waals surface area contributed by atoms with Crippen LogP contribution in [0.15, 0.2) is 79.1 Å². The van der Waals surface area contributed by atoms with Gasteiger partial charge in [0.15, 0.2) is 0 Å². The second kappa shape index (κ2) is 7.49. The molecule has 1 aromatic heterocycles. The molecule has 0 radical (unpaired) electrons. The van der Waals surface area contributed by atoms with Crippen LogP contribution in [-0.4, -0.2) is 16.4 Å². The van der Waals surface area contributed by atoms with Crippen LogP contribution in [0.1, 0.15) is 34.9 Å². The standard InChI is InChI=1S/C24H20Cl2N2O/c25-19-13-18(14-20(26)15-19)22-21-7-4-10-27-23(21)24(29-22)8-11-28(12-9-24)16-17-5-2-1-3-6-17/h1-8,10-11,13-15,22H,9,12,16H2. The molecule has 0 N–H and O–H groups in total. The summed E-state index contributed by atoms with van der Waals surface area (Å²) in [5, 5.41) is 1.21. The number of ether oxygens (including phenoxy) is 1. The third kappa shape index (κ3) is 3.55. The van der Waals surface area contributed by atoms with E-state index in [1.54, 1.807) is 6.07 Å². The lowest BCUT2D eigenvalue weighted by atomic mass is 9.90. The minimum Gasteiger partial charge on any atom is -0.373 e. The van der Waals surface area contributed by atoms with E-state index in [1.165, 1.54) is 5.56 Å². The fourth-order valence-electron chi connectivity index (χ4n) is 4.23. The molecule has 0 aliphatic carbocycles. The Kier molecular flexibility index (Phi) is 4.83. The number of aromatic nitrogens is 1. The zero-order chi connectivity index (χ0) is 19.8. The quantitative estimate of drug-likeness (QED) is 0.507. The Labute approximate surface area is 180 Å².